The first-order chi connectivity index (χ1) is 10.6. The van der Waals surface area contributed by atoms with E-state index in [-0.39, 0.29) is 36.3 Å². The van der Waals surface area contributed by atoms with E-state index in [2.05, 4.69) is 9.73 Å². The lowest BCUT2D eigenvalue weighted by atomic mass is 10.1. The Bertz CT molecular complexity index is 514. The number of hydrogen-bond acceptors (Lipinski definition) is 4. The summed E-state index contributed by atoms with van der Waals surface area (Å²) in [5.74, 6) is 0.332. The van der Waals surface area contributed by atoms with E-state index >= 15 is 0 Å². The zero-order chi connectivity index (χ0) is 15.9. The molecule has 2 rings (SSSR count). The molecule has 1 fully saturated rings. The van der Waals surface area contributed by atoms with Crippen molar-refractivity contribution in [1.29, 1.82) is 0 Å². The van der Waals surface area contributed by atoms with E-state index in [1.54, 1.807) is 6.07 Å². The number of aliphatic hydroxyl groups excluding tert-OH is 1. The number of aliphatic imine (C=N–C) groups is 1. The van der Waals surface area contributed by atoms with Crippen LogP contribution in [0.4, 0.5) is 8.78 Å². The fraction of sp³-hybridized carbons (Fsp3) is 0.500. The molecule has 130 valence electrons. The van der Waals surface area contributed by atoms with Gasteiger partial charge in [0.25, 0.3) is 0 Å². The smallest absolute Gasteiger partial charge is 0.387 e. The molecule has 0 aromatic heterocycles. The highest BCUT2D eigenvalue weighted by atomic mass is 127. The van der Waals surface area contributed by atoms with Crippen molar-refractivity contribution in [2.45, 2.75) is 12.7 Å². The van der Waals surface area contributed by atoms with Gasteiger partial charge in [0.15, 0.2) is 5.96 Å². The SMILES string of the molecule is I.NC(=NCC(O)c1cccc(OC(F)F)c1)N1CCOCC1. The van der Waals surface area contributed by atoms with Gasteiger partial charge in [-0.15, -0.1) is 24.0 Å². The molecule has 9 heteroatoms. The number of ether oxygens (including phenoxy) is 2. The van der Waals surface area contributed by atoms with Crippen LogP contribution in [0.25, 0.3) is 0 Å². The Kier molecular flexibility index (Phi) is 8.48. The second kappa shape index (κ2) is 9.83. The molecule has 0 bridgehead atoms. The van der Waals surface area contributed by atoms with E-state index in [0.717, 1.165) is 0 Å². The van der Waals surface area contributed by atoms with Crippen LogP contribution in [0.1, 0.15) is 11.7 Å². The molecule has 1 aromatic rings. The predicted molar refractivity (Wildman–Crippen MR) is 92.3 cm³/mol. The summed E-state index contributed by atoms with van der Waals surface area (Å²) >= 11 is 0. The third-order valence-corrected chi connectivity index (χ3v) is 3.23. The number of guanidine groups is 1. The van der Waals surface area contributed by atoms with E-state index in [0.29, 0.717) is 37.8 Å². The first-order valence-corrected chi connectivity index (χ1v) is 6.91. The standard InChI is InChI=1S/C14H19F2N3O3.HI/c15-13(16)22-11-3-1-2-10(8-11)12(20)9-18-14(17)19-4-6-21-7-5-19;/h1-3,8,12-13,20H,4-7,9H2,(H2,17,18);1H. The molecule has 1 aromatic carbocycles. The Morgan fingerprint density at radius 1 is 1.39 bits per heavy atom. The van der Waals surface area contributed by atoms with Crippen LogP contribution in [-0.2, 0) is 4.74 Å². The average Bonchev–Trinajstić information content (AvgIpc) is 2.52. The summed E-state index contributed by atoms with van der Waals surface area (Å²) in [4.78, 5) is 6.01. The first-order valence-electron chi connectivity index (χ1n) is 6.91. The zero-order valence-electron chi connectivity index (χ0n) is 12.4. The number of rotatable bonds is 5. The van der Waals surface area contributed by atoms with Gasteiger partial charge in [0.05, 0.1) is 25.9 Å². The molecule has 1 atom stereocenters. The number of nitrogens with zero attached hydrogens (tertiary/aromatic N) is 2. The highest BCUT2D eigenvalue weighted by Crippen LogP contribution is 2.21. The van der Waals surface area contributed by atoms with Gasteiger partial charge in [0.1, 0.15) is 5.75 Å². The number of halogens is 3. The largest absolute Gasteiger partial charge is 0.435 e. The van der Waals surface area contributed by atoms with E-state index in [1.807, 2.05) is 4.90 Å². The molecule has 23 heavy (non-hydrogen) atoms. The maximum Gasteiger partial charge on any atom is 0.387 e. The topological polar surface area (TPSA) is 80.3 Å². The number of morpholine rings is 1. The number of benzene rings is 1. The van der Waals surface area contributed by atoms with Crippen molar-refractivity contribution >= 4 is 29.9 Å². The van der Waals surface area contributed by atoms with Crippen molar-refractivity contribution < 1.29 is 23.4 Å². The maximum atomic E-state index is 12.2. The molecule has 1 unspecified atom stereocenters. The summed E-state index contributed by atoms with van der Waals surface area (Å²) in [6, 6.07) is 5.90. The predicted octanol–water partition coefficient (Wildman–Crippen LogP) is 1.59. The fourth-order valence-electron chi connectivity index (χ4n) is 2.08. The van der Waals surface area contributed by atoms with Gasteiger partial charge < -0.3 is 25.2 Å². The highest BCUT2D eigenvalue weighted by Gasteiger charge is 2.14. The van der Waals surface area contributed by atoms with Crippen LogP contribution in [0, 0.1) is 0 Å². The number of aliphatic hydroxyl groups is 1. The van der Waals surface area contributed by atoms with Crippen LogP contribution < -0.4 is 10.5 Å². The second-order valence-corrected chi connectivity index (χ2v) is 4.77. The van der Waals surface area contributed by atoms with Crippen LogP contribution in [0.15, 0.2) is 29.3 Å². The summed E-state index contributed by atoms with van der Waals surface area (Å²) in [5.41, 5.74) is 6.30. The molecule has 0 spiro atoms. The number of hydrogen-bond donors (Lipinski definition) is 2. The Labute approximate surface area is 150 Å². The third kappa shape index (κ3) is 6.43. The minimum absolute atomic E-state index is 0. The first kappa shape index (κ1) is 19.8. The van der Waals surface area contributed by atoms with Gasteiger partial charge in [-0.05, 0) is 17.7 Å². The van der Waals surface area contributed by atoms with E-state index < -0.39 is 12.7 Å². The molecule has 1 aliphatic rings. The van der Waals surface area contributed by atoms with Gasteiger partial charge >= 0.3 is 6.61 Å². The minimum atomic E-state index is -2.90. The molecule has 0 amide bonds. The van der Waals surface area contributed by atoms with Gasteiger partial charge in [-0.1, -0.05) is 12.1 Å². The van der Waals surface area contributed by atoms with Gasteiger partial charge in [-0.25, -0.2) is 0 Å². The Morgan fingerprint density at radius 2 is 2.09 bits per heavy atom. The summed E-state index contributed by atoms with van der Waals surface area (Å²) in [5, 5.41) is 10.1. The molecule has 0 saturated carbocycles. The van der Waals surface area contributed by atoms with Crippen LogP contribution in [0.5, 0.6) is 5.75 Å². The Balaban J connectivity index is 0.00000264. The summed E-state index contributed by atoms with van der Waals surface area (Å²) in [6.07, 6.45) is -0.944. The normalized spacial score (nSPS) is 16.9. The molecule has 1 saturated heterocycles. The van der Waals surface area contributed by atoms with Crippen molar-refractivity contribution in [3.05, 3.63) is 29.8 Å². The van der Waals surface area contributed by atoms with Crippen molar-refractivity contribution in [2.24, 2.45) is 10.7 Å². The van der Waals surface area contributed by atoms with Crippen molar-refractivity contribution in [1.82, 2.24) is 4.90 Å². The van der Waals surface area contributed by atoms with Crippen LogP contribution in [-0.4, -0.2) is 55.4 Å². The second-order valence-electron chi connectivity index (χ2n) is 4.77. The molecule has 1 aliphatic heterocycles. The van der Waals surface area contributed by atoms with Gasteiger partial charge in [-0.3, -0.25) is 4.99 Å². The lowest BCUT2D eigenvalue weighted by molar-refractivity contribution is -0.0499. The number of alkyl halides is 2. The van der Waals surface area contributed by atoms with E-state index in [4.69, 9.17) is 10.5 Å². The number of nitrogens with two attached hydrogens (primary N) is 1. The molecule has 0 radical (unpaired) electrons. The minimum Gasteiger partial charge on any atom is -0.435 e. The monoisotopic (exact) mass is 443 g/mol. The van der Waals surface area contributed by atoms with Crippen LogP contribution in [0.2, 0.25) is 0 Å². The lowest BCUT2D eigenvalue weighted by Crippen LogP contribution is -2.45. The van der Waals surface area contributed by atoms with Crippen molar-refractivity contribution in [3.8, 4) is 5.75 Å². The van der Waals surface area contributed by atoms with Gasteiger partial charge in [0.2, 0.25) is 0 Å². The van der Waals surface area contributed by atoms with Crippen molar-refractivity contribution in [2.75, 3.05) is 32.8 Å². The summed E-state index contributed by atoms with van der Waals surface area (Å²) in [7, 11) is 0. The quantitative estimate of drug-likeness (QED) is 0.411. The van der Waals surface area contributed by atoms with Gasteiger partial charge in [-0.2, -0.15) is 8.78 Å². The Morgan fingerprint density at radius 3 is 2.74 bits per heavy atom. The Hall–Kier alpha value is -1.20. The summed E-state index contributed by atoms with van der Waals surface area (Å²) < 4.78 is 33.9. The maximum absolute atomic E-state index is 12.2. The zero-order valence-corrected chi connectivity index (χ0v) is 14.7. The average molecular weight is 443 g/mol. The molecular formula is C14H20F2IN3O3. The highest BCUT2D eigenvalue weighted by molar-refractivity contribution is 14.0. The van der Waals surface area contributed by atoms with Crippen LogP contribution in [0.3, 0.4) is 0 Å². The van der Waals surface area contributed by atoms with Crippen LogP contribution >= 0.6 is 24.0 Å². The third-order valence-electron chi connectivity index (χ3n) is 3.23. The van der Waals surface area contributed by atoms with Gasteiger partial charge in [0, 0.05) is 13.1 Å². The van der Waals surface area contributed by atoms with Crippen molar-refractivity contribution in [3.63, 3.8) is 0 Å². The molecule has 6 nitrogen and oxygen atoms in total. The lowest BCUT2D eigenvalue weighted by Gasteiger charge is -2.27. The fourth-order valence-corrected chi connectivity index (χ4v) is 2.08. The molecule has 1 heterocycles. The summed E-state index contributed by atoms with van der Waals surface area (Å²) in [6.45, 7) is -0.368. The van der Waals surface area contributed by atoms with E-state index in [9.17, 15) is 13.9 Å². The molecular weight excluding hydrogens is 423 g/mol. The molecule has 0 aliphatic carbocycles. The van der Waals surface area contributed by atoms with E-state index in [1.165, 1.54) is 18.2 Å². The molecule has 3 N–H and O–H groups in total.